The SMILES string of the molecule is Cc1nc(NCCc2cccc(Cl)c2)cc(C(=O)Nc2ccccc2)n1. The van der Waals surface area contributed by atoms with E-state index in [1.807, 2.05) is 54.6 Å². The summed E-state index contributed by atoms with van der Waals surface area (Å²) in [6, 6.07) is 18.7. The first-order valence-corrected chi connectivity index (χ1v) is 8.68. The highest BCUT2D eigenvalue weighted by Gasteiger charge is 2.11. The molecule has 3 aromatic rings. The van der Waals surface area contributed by atoms with E-state index in [4.69, 9.17) is 11.6 Å². The van der Waals surface area contributed by atoms with Crippen molar-refractivity contribution in [1.82, 2.24) is 9.97 Å². The van der Waals surface area contributed by atoms with Gasteiger partial charge in [0, 0.05) is 23.3 Å². The Morgan fingerprint density at radius 1 is 1.04 bits per heavy atom. The van der Waals surface area contributed by atoms with Gasteiger partial charge in [-0.3, -0.25) is 4.79 Å². The van der Waals surface area contributed by atoms with Gasteiger partial charge < -0.3 is 10.6 Å². The van der Waals surface area contributed by atoms with Crippen LogP contribution in [0, 0.1) is 6.92 Å². The van der Waals surface area contributed by atoms with E-state index in [9.17, 15) is 4.79 Å². The average Bonchev–Trinajstić information content (AvgIpc) is 2.62. The molecule has 0 saturated carbocycles. The summed E-state index contributed by atoms with van der Waals surface area (Å²) in [5.41, 5.74) is 2.19. The van der Waals surface area contributed by atoms with Crippen LogP contribution in [-0.4, -0.2) is 22.4 Å². The van der Waals surface area contributed by atoms with Crippen LogP contribution in [0.25, 0.3) is 0 Å². The maximum atomic E-state index is 12.4. The molecule has 0 aliphatic heterocycles. The number of amides is 1. The number of para-hydroxylation sites is 1. The van der Waals surface area contributed by atoms with Gasteiger partial charge in [-0.25, -0.2) is 9.97 Å². The van der Waals surface area contributed by atoms with Crippen LogP contribution >= 0.6 is 11.6 Å². The van der Waals surface area contributed by atoms with Gasteiger partial charge >= 0.3 is 0 Å². The number of hydrogen-bond acceptors (Lipinski definition) is 4. The summed E-state index contributed by atoms with van der Waals surface area (Å²) < 4.78 is 0. The highest BCUT2D eigenvalue weighted by Crippen LogP contribution is 2.13. The minimum atomic E-state index is -0.264. The number of benzene rings is 2. The molecule has 132 valence electrons. The molecule has 26 heavy (non-hydrogen) atoms. The maximum Gasteiger partial charge on any atom is 0.274 e. The Hall–Kier alpha value is -2.92. The van der Waals surface area contributed by atoms with Crippen molar-refractivity contribution in [2.24, 2.45) is 0 Å². The van der Waals surface area contributed by atoms with E-state index in [1.54, 1.807) is 13.0 Å². The molecule has 0 radical (unpaired) electrons. The van der Waals surface area contributed by atoms with E-state index >= 15 is 0 Å². The van der Waals surface area contributed by atoms with E-state index in [0.29, 0.717) is 23.9 Å². The normalized spacial score (nSPS) is 10.4. The summed E-state index contributed by atoms with van der Waals surface area (Å²) in [6.07, 6.45) is 0.801. The number of carbonyl (C=O) groups excluding carboxylic acids is 1. The molecule has 0 atom stereocenters. The zero-order valence-corrected chi connectivity index (χ0v) is 15.1. The molecule has 6 heteroatoms. The number of halogens is 1. The number of nitrogens with one attached hydrogen (secondary N) is 2. The van der Waals surface area contributed by atoms with Crippen LogP contribution in [0.2, 0.25) is 5.02 Å². The van der Waals surface area contributed by atoms with Gasteiger partial charge in [-0.05, 0) is 43.2 Å². The first-order chi connectivity index (χ1) is 12.6. The summed E-state index contributed by atoms with van der Waals surface area (Å²) in [4.78, 5) is 21.0. The second kappa shape index (κ2) is 8.45. The lowest BCUT2D eigenvalue weighted by atomic mass is 10.1. The first-order valence-electron chi connectivity index (χ1n) is 8.30. The fourth-order valence-corrected chi connectivity index (χ4v) is 2.73. The van der Waals surface area contributed by atoms with E-state index in [-0.39, 0.29) is 5.91 Å². The highest BCUT2D eigenvalue weighted by molar-refractivity contribution is 6.30. The molecule has 1 aromatic heterocycles. The van der Waals surface area contributed by atoms with Gasteiger partial charge in [-0.1, -0.05) is 41.9 Å². The molecule has 1 heterocycles. The fraction of sp³-hybridized carbons (Fsp3) is 0.150. The van der Waals surface area contributed by atoms with Gasteiger partial charge in [-0.15, -0.1) is 0 Å². The highest BCUT2D eigenvalue weighted by atomic mass is 35.5. The van der Waals surface area contributed by atoms with Crippen LogP contribution in [0.3, 0.4) is 0 Å². The van der Waals surface area contributed by atoms with Gasteiger partial charge in [0.15, 0.2) is 0 Å². The van der Waals surface area contributed by atoms with Crippen molar-refractivity contribution in [3.8, 4) is 0 Å². The van der Waals surface area contributed by atoms with Crippen LogP contribution in [0.15, 0.2) is 60.7 Å². The first kappa shape index (κ1) is 17.9. The molecule has 2 N–H and O–H groups in total. The minimum absolute atomic E-state index is 0.264. The lowest BCUT2D eigenvalue weighted by molar-refractivity contribution is 0.102. The molecule has 2 aromatic carbocycles. The number of carbonyl (C=O) groups is 1. The number of anilines is 2. The molecule has 0 aliphatic carbocycles. The van der Waals surface area contributed by atoms with Crippen molar-refractivity contribution in [3.05, 3.63) is 82.8 Å². The lowest BCUT2D eigenvalue weighted by Crippen LogP contribution is -2.16. The maximum absolute atomic E-state index is 12.4. The molecule has 5 nitrogen and oxygen atoms in total. The molecule has 0 saturated heterocycles. The van der Waals surface area contributed by atoms with Crippen molar-refractivity contribution in [2.45, 2.75) is 13.3 Å². The Labute approximate surface area is 157 Å². The third-order valence-electron chi connectivity index (χ3n) is 3.71. The summed E-state index contributed by atoms with van der Waals surface area (Å²) in [5, 5.41) is 6.79. The van der Waals surface area contributed by atoms with E-state index in [2.05, 4.69) is 20.6 Å². The number of hydrogen-bond donors (Lipinski definition) is 2. The van der Waals surface area contributed by atoms with Crippen molar-refractivity contribution < 1.29 is 4.79 Å². The van der Waals surface area contributed by atoms with E-state index in [0.717, 1.165) is 22.7 Å². The Balaban J connectivity index is 1.64. The Morgan fingerprint density at radius 2 is 1.85 bits per heavy atom. The zero-order valence-electron chi connectivity index (χ0n) is 14.4. The topological polar surface area (TPSA) is 66.9 Å². The number of rotatable bonds is 6. The molecule has 0 fully saturated rings. The van der Waals surface area contributed by atoms with Gasteiger partial charge in [0.2, 0.25) is 0 Å². The van der Waals surface area contributed by atoms with E-state index in [1.165, 1.54) is 0 Å². The van der Waals surface area contributed by atoms with Gasteiger partial charge in [0.05, 0.1) is 0 Å². The molecular weight excluding hydrogens is 348 g/mol. The second-order valence-corrected chi connectivity index (χ2v) is 6.25. The molecule has 1 amide bonds. The summed E-state index contributed by atoms with van der Waals surface area (Å²) in [7, 11) is 0. The zero-order chi connectivity index (χ0) is 18.4. The van der Waals surface area contributed by atoms with Gasteiger partial charge in [-0.2, -0.15) is 0 Å². The summed E-state index contributed by atoms with van der Waals surface area (Å²) in [6.45, 7) is 2.44. The van der Waals surface area contributed by atoms with Crippen molar-refractivity contribution >= 4 is 29.0 Å². The van der Waals surface area contributed by atoms with Crippen molar-refractivity contribution in [1.29, 1.82) is 0 Å². The third kappa shape index (κ3) is 5.04. The van der Waals surface area contributed by atoms with E-state index < -0.39 is 0 Å². The predicted octanol–water partition coefficient (Wildman–Crippen LogP) is 4.35. The lowest BCUT2D eigenvalue weighted by Gasteiger charge is -2.09. The van der Waals surface area contributed by atoms with Crippen LogP contribution in [0.4, 0.5) is 11.5 Å². The van der Waals surface area contributed by atoms with Crippen LogP contribution < -0.4 is 10.6 Å². The van der Waals surface area contributed by atoms with Crippen LogP contribution in [-0.2, 0) is 6.42 Å². The number of aryl methyl sites for hydroxylation is 1. The smallest absolute Gasteiger partial charge is 0.274 e. The molecule has 3 rings (SSSR count). The Morgan fingerprint density at radius 3 is 2.62 bits per heavy atom. The molecule has 0 spiro atoms. The predicted molar refractivity (Wildman–Crippen MR) is 105 cm³/mol. The average molecular weight is 367 g/mol. The largest absolute Gasteiger partial charge is 0.370 e. The minimum Gasteiger partial charge on any atom is -0.370 e. The molecule has 0 aliphatic rings. The molecule has 0 bridgehead atoms. The second-order valence-electron chi connectivity index (χ2n) is 5.81. The standard InChI is InChI=1S/C20H19ClN4O/c1-14-23-18(20(26)25-17-8-3-2-4-9-17)13-19(24-14)22-11-10-15-6-5-7-16(21)12-15/h2-9,12-13H,10-11H2,1H3,(H,25,26)(H,22,23,24). The van der Waals surface area contributed by atoms with Gasteiger partial charge in [0.1, 0.15) is 17.3 Å². The quantitative estimate of drug-likeness (QED) is 0.680. The van der Waals surface area contributed by atoms with Crippen LogP contribution in [0.5, 0.6) is 0 Å². The summed E-state index contributed by atoms with van der Waals surface area (Å²) >= 11 is 6.00. The van der Waals surface area contributed by atoms with Gasteiger partial charge in [0.25, 0.3) is 5.91 Å². The number of nitrogens with zero attached hydrogens (tertiary/aromatic N) is 2. The summed E-state index contributed by atoms with van der Waals surface area (Å²) in [5.74, 6) is 0.897. The Kier molecular flexibility index (Phi) is 5.81. The Bertz CT molecular complexity index is 899. The molecular formula is C20H19ClN4O. The van der Waals surface area contributed by atoms with Crippen molar-refractivity contribution in [3.63, 3.8) is 0 Å². The fourth-order valence-electron chi connectivity index (χ4n) is 2.52. The monoisotopic (exact) mass is 366 g/mol. The van der Waals surface area contributed by atoms with Crippen LogP contribution in [0.1, 0.15) is 21.9 Å². The third-order valence-corrected chi connectivity index (χ3v) is 3.95. The van der Waals surface area contributed by atoms with Crippen molar-refractivity contribution in [2.75, 3.05) is 17.2 Å². The molecule has 0 unspecified atom stereocenters. The number of aromatic nitrogens is 2.